The van der Waals surface area contributed by atoms with Crippen LogP contribution in [0.25, 0.3) is 10.9 Å². The molecule has 0 spiro atoms. The summed E-state index contributed by atoms with van der Waals surface area (Å²) in [7, 11) is 0. The summed E-state index contributed by atoms with van der Waals surface area (Å²) in [5.41, 5.74) is 4.76. The Morgan fingerprint density at radius 3 is 2.61 bits per heavy atom. The number of nitrogens with zero attached hydrogens (tertiary/aromatic N) is 3. The lowest BCUT2D eigenvalue weighted by atomic mass is 10.1. The van der Waals surface area contributed by atoms with Gasteiger partial charge in [0, 0.05) is 59.5 Å². The molecule has 2 aliphatic heterocycles. The molecule has 190 valence electrons. The number of hydrogen-bond donors (Lipinski definition) is 2. The molecule has 5 rings (SSSR count). The van der Waals surface area contributed by atoms with Gasteiger partial charge in [0.1, 0.15) is 6.04 Å². The highest BCUT2D eigenvalue weighted by molar-refractivity contribution is 7.97. The van der Waals surface area contributed by atoms with E-state index in [0.29, 0.717) is 13.1 Å². The first kappa shape index (κ1) is 24.9. The van der Waals surface area contributed by atoms with Gasteiger partial charge in [-0.3, -0.25) is 9.59 Å². The molecule has 1 aromatic heterocycles. The molecule has 8 heteroatoms. The van der Waals surface area contributed by atoms with Gasteiger partial charge in [-0.1, -0.05) is 12.5 Å². The zero-order chi connectivity index (χ0) is 25.2. The number of nitrogens with one attached hydrogen (secondary N) is 2. The molecule has 0 bridgehead atoms. The van der Waals surface area contributed by atoms with Crippen molar-refractivity contribution in [3.8, 4) is 0 Å². The summed E-state index contributed by atoms with van der Waals surface area (Å²) < 4.78 is 4.52. The first-order chi connectivity index (χ1) is 17.4. The van der Waals surface area contributed by atoms with Crippen molar-refractivity contribution in [2.75, 3.05) is 42.9 Å². The molecule has 2 saturated heterocycles. The van der Waals surface area contributed by atoms with Gasteiger partial charge in [-0.25, -0.2) is 4.31 Å². The third kappa shape index (κ3) is 5.16. The molecule has 0 aliphatic carbocycles. The van der Waals surface area contributed by atoms with Crippen LogP contribution in [0.3, 0.4) is 0 Å². The number of aryl methyl sites for hydroxylation is 2. The van der Waals surface area contributed by atoms with Crippen molar-refractivity contribution in [3.05, 3.63) is 53.7 Å². The van der Waals surface area contributed by atoms with Gasteiger partial charge in [-0.2, -0.15) is 0 Å². The van der Waals surface area contributed by atoms with Crippen LogP contribution < -0.4 is 15.5 Å². The SMILES string of the molecule is Cc1ccc(N2CCNCC2=O)cc1NC(=O)C(C)n1cc(C)c2cc(SN3CCCCC3)ccc21. The van der Waals surface area contributed by atoms with Crippen LogP contribution >= 0.6 is 11.9 Å². The fourth-order valence-electron chi connectivity index (χ4n) is 5.04. The maximum absolute atomic E-state index is 13.4. The molecule has 0 saturated carbocycles. The highest BCUT2D eigenvalue weighted by Gasteiger charge is 2.22. The maximum Gasteiger partial charge on any atom is 0.247 e. The number of aromatic nitrogens is 1. The third-order valence-electron chi connectivity index (χ3n) is 7.23. The molecule has 1 unspecified atom stereocenters. The molecule has 3 heterocycles. The van der Waals surface area contributed by atoms with Gasteiger partial charge < -0.3 is 20.1 Å². The van der Waals surface area contributed by atoms with Gasteiger partial charge in [0.25, 0.3) is 0 Å². The minimum Gasteiger partial charge on any atom is -0.335 e. The zero-order valence-electron chi connectivity index (χ0n) is 21.3. The van der Waals surface area contributed by atoms with Crippen molar-refractivity contribution in [2.45, 2.75) is 51.0 Å². The lowest BCUT2D eigenvalue weighted by Crippen LogP contribution is -2.48. The molecule has 2 N–H and O–H groups in total. The average molecular weight is 506 g/mol. The van der Waals surface area contributed by atoms with Crippen molar-refractivity contribution in [2.24, 2.45) is 0 Å². The summed E-state index contributed by atoms with van der Waals surface area (Å²) in [6.45, 7) is 10.0. The number of amides is 2. The molecule has 2 amide bonds. The van der Waals surface area contributed by atoms with E-state index >= 15 is 0 Å². The zero-order valence-corrected chi connectivity index (χ0v) is 22.2. The molecule has 3 aromatic rings. The second kappa shape index (κ2) is 10.7. The van der Waals surface area contributed by atoms with Crippen LogP contribution in [-0.4, -0.2) is 53.4 Å². The number of rotatable bonds is 6. The quantitative estimate of drug-likeness (QED) is 0.467. The highest BCUT2D eigenvalue weighted by Crippen LogP contribution is 2.32. The Kier molecular flexibility index (Phi) is 7.37. The number of fused-ring (bicyclic) bond motifs is 1. The second-order valence-electron chi connectivity index (χ2n) is 9.87. The van der Waals surface area contributed by atoms with Gasteiger partial charge in [0.2, 0.25) is 11.8 Å². The van der Waals surface area contributed by atoms with Crippen LogP contribution in [0.5, 0.6) is 0 Å². The number of piperidine rings is 1. The Balaban J connectivity index is 1.34. The molecule has 2 fully saturated rings. The first-order valence-electron chi connectivity index (χ1n) is 12.9. The average Bonchev–Trinajstić information content (AvgIpc) is 3.21. The first-order valence-corrected chi connectivity index (χ1v) is 13.6. The van der Waals surface area contributed by atoms with Crippen molar-refractivity contribution in [1.29, 1.82) is 0 Å². The van der Waals surface area contributed by atoms with Gasteiger partial charge in [0.05, 0.1) is 6.54 Å². The summed E-state index contributed by atoms with van der Waals surface area (Å²) in [4.78, 5) is 28.7. The molecular weight excluding hydrogens is 470 g/mol. The Morgan fingerprint density at radius 1 is 1.03 bits per heavy atom. The van der Waals surface area contributed by atoms with E-state index in [4.69, 9.17) is 0 Å². The summed E-state index contributed by atoms with van der Waals surface area (Å²) in [6.07, 6.45) is 5.94. The topological polar surface area (TPSA) is 69.6 Å². The fraction of sp³-hybridized carbons (Fsp3) is 0.429. The van der Waals surface area contributed by atoms with E-state index in [1.807, 2.05) is 44.0 Å². The number of piperazine rings is 1. The highest BCUT2D eigenvalue weighted by atomic mass is 32.2. The predicted molar refractivity (Wildman–Crippen MR) is 148 cm³/mol. The number of benzene rings is 2. The van der Waals surface area contributed by atoms with E-state index < -0.39 is 0 Å². The van der Waals surface area contributed by atoms with Crippen LogP contribution in [0.15, 0.2) is 47.5 Å². The molecule has 7 nitrogen and oxygen atoms in total. The lowest BCUT2D eigenvalue weighted by Gasteiger charge is -2.28. The Bertz CT molecular complexity index is 1280. The molecule has 2 aromatic carbocycles. The minimum atomic E-state index is -0.384. The van der Waals surface area contributed by atoms with Gasteiger partial charge in [-0.05, 0) is 87.0 Å². The van der Waals surface area contributed by atoms with Crippen LogP contribution in [-0.2, 0) is 9.59 Å². The van der Waals surface area contributed by atoms with E-state index in [0.717, 1.165) is 42.1 Å². The number of hydrogen-bond acceptors (Lipinski definition) is 5. The standard InChI is InChI=1S/C28H35N5O2S/c1-19-7-8-22(32-14-11-29-17-27(32)34)15-25(19)30-28(35)21(3)33-18-20(2)24-16-23(9-10-26(24)33)36-31-12-5-4-6-13-31/h7-10,15-16,18,21,29H,4-6,11-14,17H2,1-3H3,(H,30,35). The third-order valence-corrected chi connectivity index (χ3v) is 8.32. The summed E-state index contributed by atoms with van der Waals surface area (Å²) in [6, 6.07) is 12.0. The predicted octanol–water partition coefficient (Wildman–Crippen LogP) is 4.89. The number of anilines is 2. The van der Waals surface area contributed by atoms with E-state index in [1.54, 1.807) is 4.90 Å². The van der Waals surface area contributed by atoms with E-state index in [1.165, 1.54) is 35.1 Å². The van der Waals surface area contributed by atoms with Crippen LogP contribution in [0.1, 0.15) is 43.4 Å². The van der Waals surface area contributed by atoms with Gasteiger partial charge in [-0.15, -0.1) is 0 Å². The molecule has 2 aliphatic rings. The Morgan fingerprint density at radius 2 is 1.83 bits per heavy atom. The van der Waals surface area contributed by atoms with Crippen LogP contribution in [0, 0.1) is 13.8 Å². The summed E-state index contributed by atoms with van der Waals surface area (Å²) in [5, 5.41) is 7.40. The van der Waals surface area contributed by atoms with Crippen molar-refractivity contribution in [1.82, 2.24) is 14.2 Å². The molecule has 0 radical (unpaired) electrons. The van der Waals surface area contributed by atoms with E-state index in [9.17, 15) is 9.59 Å². The molecular formula is C28H35N5O2S. The Hall–Kier alpha value is -2.81. The van der Waals surface area contributed by atoms with Crippen LogP contribution in [0.4, 0.5) is 11.4 Å². The normalized spacial score (nSPS) is 18.0. The summed E-state index contributed by atoms with van der Waals surface area (Å²) in [5.74, 6) is -0.0339. The van der Waals surface area contributed by atoms with Gasteiger partial charge in [0.15, 0.2) is 0 Å². The van der Waals surface area contributed by atoms with Gasteiger partial charge >= 0.3 is 0 Å². The van der Waals surface area contributed by atoms with Crippen molar-refractivity contribution in [3.63, 3.8) is 0 Å². The lowest BCUT2D eigenvalue weighted by molar-refractivity contribution is -0.119. The fourth-order valence-corrected chi connectivity index (χ4v) is 6.08. The summed E-state index contributed by atoms with van der Waals surface area (Å²) >= 11 is 1.84. The van der Waals surface area contributed by atoms with Crippen LogP contribution in [0.2, 0.25) is 0 Å². The van der Waals surface area contributed by atoms with Crippen molar-refractivity contribution < 1.29 is 9.59 Å². The molecule has 36 heavy (non-hydrogen) atoms. The minimum absolute atomic E-state index is 0.0443. The maximum atomic E-state index is 13.4. The van der Waals surface area contributed by atoms with E-state index in [-0.39, 0.29) is 17.9 Å². The number of carbonyl (C=O) groups excluding carboxylic acids is 2. The van der Waals surface area contributed by atoms with Crippen molar-refractivity contribution >= 4 is 46.0 Å². The molecule has 1 atom stereocenters. The van der Waals surface area contributed by atoms with E-state index in [2.05, 4.69) is 50.8 Å². The monoisotopic (exact) mass is 505 g/mol. The Labute approximate surface area is 217 Å². The smallest absolute Gasteiger partial charge is 0.247 e. The largest absolute Gasteiger partial charge is 0.335 e. The number of carbonyl (C=O) groups is 2. The second-order valence-corrected chi connectivity index (χ2v) is 11.0.